The van der Waals surface area contributed by atoms with Crippen molar-refractivity contribution < 1.29 is 0 Å². The van der Waals surface area contributed by atoms with Crippen LogP contribution in [0.25, 0.3) is 72.3 Å². The molecule has 2 spiro atoms. The zero-order chi connectivity index (χ0) is 43.5. The van der Waals surface area contributed by atoms with E-state index in [4.69, 9.17) is 9.97 Å². The first-order valence-electron chi connectivity index (χ1n) is 23.1. The molecule has 8 aromatic carbocycles. The molecule has 66 heavy (non-hydrogen) atoms. The number of pyridine rings is 2. The zero-order valence-electron chi connectivity index (χ0n) is 36.5. The van der Waals surface area contributed by atoms with Gasteiger partial charge in [-0.1, -0.05) is 166 Å². The summed E-state index contributed by atoms with van der Waals surface area (Å²) in [5, 5.41) is 2.46. The lowest BCUT2D eigenvalue weighted by molar-refractivity contribution is 0.561. The van der Waals surface area contributed by atoms with Crippen molar-refractivity contribution in [3.05, 3.63) is 268 Å². The number of benzene rings is 8. The van der Waals surface area contributed by atoms with E-state index in [0.717, 1.165) is 28.2 Å². The van der Waals surface area contributed by atoms with Crippen molar-refractivity contribution in [3.8, 4) is 50.5 Å². The number of fused-ring (bicyclic) bond motifs is 22. The molecule has 1 atom stereocenters. The first-order chi connectivity index (χ1) is 32.5. The van der Waals surface area contributed by atoms with E-state index in [1.54, 1.807) is 0 Å². The van der Waals surface area contributed by atoms with E-state index in [0.29, 0.717) is 0 Å². The molecule has 3 heterocycles. The van der Waals surface area contributed by atoms with Gasteiger partial charge in [0.05, 0.1) is 33.3 Å². The van der Waals surface area contributed by atoms with Crippen LogP contribution in [0.4, 0.5) is 0 Å². The summed E-state index contributed by atoms with van der Waals surface area (Å²) in [5.74, 6) is 0. The molecule has 3 heteroatoms. The summed E-state index contributed by atoms with van der Waals surface area (Å²) < 4.78 is 2.38. The number of rotatable bonds is 2. The van der Waals surface area contributed by atoms with Gasteiger partial charge in [0.25, 0.3) is 0 Å². The van der Waals surface area contributed by atoms with Gasteiger partial charge in [-0.15, -0.1) is 0 Å². The van der Waals surface area contributed by atoms with Crippen molar-refractivity contribution in [3.63, 3.8) is 0 Å². The number of nitrogens with zero attached hydrogens (tertiary/aromatic N) is 3. The van der Waals surface area contributed by atoms with Crippen molar-refractivity contribution in [1.29, 1.82) is 0 Å². The molecule has 0 saturated heterocycles. The third-order valence-corrected chi connectivity index (χ3v) is 16.0. The molecular formula is C63H41N3. The highest BCUT2D eigenvalue weighted by molar-refractivity contribution is 6.10. The van der Waals surface area contributed by atoms with Gasteiger partial charge >= 0.3 is 0 Å². The fraction of sp³-hybridized carbons (Fsp3) is 0.0794. The van der Waals surface area contributed by atoms with Crippen LogP contribution in [0, 0.1) is 0 Å². The molecule has 4 aliphatic rings. The maximum Gasteiger partial charge on any atom is 0.0937 e. The van der Waals surface area contributed by atoms with Crippen molar-refractivity contribution >= 4 is 21.8 Å². The Hall–Kier alpha value is -8.14. The predicted molar refractivity (Wildman–Crippen MR) is 268 cm³/mol. The summed E-state index contributed by atoms with van der Waals surface area (Å²) in [7, 11) is 0. The minimum Gasteiger partial charge on any atom is -0.309 e. The average molecular weight is 840 g/mol. The van der Waals surface area contributed by atoms with Crippen LogP contribution in [0.2, 0.25) is 0 Å². The van der Waals surface area contributed by atoms with Crippen LogP contribution in [0.15, 0.2) is 213 Å². The highest BCUT2D eigenvalue weighted by Crippen LogP contribution is 2.67. The molecule has 15 rings (SSSR count). The van der Waals surface area contributed by atoms with Crippen LogP contribution in [0.1, 0.15) is 69.5 Å². The Morgan fingerprint density at radius 2 is 0.924 bits per heavy atom. The van der Waals surface area contributed by atoms with E-state index in [-0.39, 0.29) is 5.41 Å². The monoisotopic (exact) mass is 839 g/mol. The topological polar surface area (TPSA) is 30.7 Å². The van der Waals surface area contributed by atoms with E-state index >= 15 is 0 Å². The Morgan fingerprint density at radius 1 is 0.348 bits per heavy atom. The van der Waals surface area contributed by atoms with Gasteiger partial charge in [0.1, 0.15) is 0 Å². The largest absolute Gasteiger partial charge is 0.309 e. The second kappa shape index (κ2) is 12.6. The van der Waals surface area contributed by atoms with Crippen molar-refractivity contribution in [2.75, 3.05) is 0 Å². The number of hydrogen-bond donors (Lipinski definition) is 0. The Balaban J connectivity index is 1.03. The van der Waals surface area contributed by atoms with Crippen molar-refractivity contribution in [2.45, 2.75) is 30.1 Å². The van der Waals surface area contributed by atoms with Crippen LogP contribution >= 0.6 is 0 Å². The summed E-state index contributed by atoms with van der Waals surface area (Å²) in [6.45, 7) is 4.87. The van der Waals surface area contributed by atoms with E-state index in [1.165, 1.54) is 99.7 Å². The molecule has 0 radical (unpaired) electrons. The molecule has 0 fully saturated rings. The van der Waals surface area contributed by atoms with Crippen molar-refractivity contribution in [2.24, 2.45) is 0 Å². The molecule has 0 amide bonds. The van der Waals surface area contributed by atoms with Gasteiger partial charge < -0.3 is 4.57 Å². The first kappa shape index (κ1) is 36.2. The first-order valence-corrected chi connectivity index (χ1v) is 23.1. The van der Waals surface area contributed by atoms with Gasteiger partial charge in [-0.3, -0.25) is 9.97 Å². The highest BCUT2D eigenvalue weighted by Gasteiger charge is 2.57. The lowest BCUT2D eigenvalue weighted by Gasteiger charge is -2.47. The van der Waals surface area contributed by atoms with Crippen LogP contribution in [-0.4, -0.2) is 14.5 Å². The van der Waals surface area contributed by atoms with E-state index in [1.807, 2.05) is 6.20 Å². The maximum absolute atomic E-state index is 5.45. The van der Waals surface area contributed by atoms with Crippen molar-refractivity contribution in [1.82, 2.24) is 14.5 Å². The summed E-state index contributed by atoms with van der Waals surface area (Å²) in [5.41, 5.74) is 24.6. The molecular weight excluding hydrogens is 799 g/mol. The SMILES string of the molecule is CC1(C)c2ccccc2C2(c3cc4c(cc31)C1(c3ccccc3-c3ccccc31)c1ccccc1-4)c1cccnc1-c1ncc(-c3ccc4c(c3)c3ccccc3n4-c3ccccc3)cc12. The molecule has 0 aliphatic heterocycles. The lowest BCUT2D eigenvalue weighted by atomic mass is 9.55. The lowest BCUT2D eigenvalue weighted by Crippen LogP contribution is -2.41. The zero-order valence-corrected chi connectivity index (χ0v) is 36.5. The van der Waals surface area contributed by atoms with Gasteiger partial charge in [0.15, 0.2) is 0 Å². The van der Waals surface area contributed by atoms with E-state index in [9.17, 15) is 0 Å². The maximum atomic E-state index is 5.45. The highest BCUT2D eigenvalue weighted by atomic mass is 15.0. The number of para-hydroxylation sites is 2. The van der Waals surface area contributed by atoms with E-state index in [2.05, 4.69) is 225 Å². The Morgan fingerprint density at radius 3 is 1.67 bits per heavy atom. The van der Waals surface area contributed by atoms with Gasteiger partial charge in [-0.25, -0.2) is 0 Å². The molecule has 3 aromatic heterocycles. The smallest absolute Gasteiger partial charge is 0.0937 e. The number of hydrogen-bond acceptors (Lipinski definition) is 2. The second-order valence-electron chi connectivity index (χ2n) is 19.2. The Kier molecular flexibility index (Phi) is 6.89. The van der Waals surface area contributed by atoms with E-state index < -0.39 is 10.8 Å². The molecule has 1 unspecified atom stereocenters. The molecule has 0 bridgehead atoms. The van der Waals surface area contributed by atoms with Gasteiger partial charge in [0.2, 0.25) is 0 Å². The fourth-order valence-corrected chi connectivity index (χ4v) is 13.3. The van der Waals surface area contributed by atoms with Crippen LogP contribution in [-0.2, 0) is 16.2 Å². The van der Waals surface area contributed by atoms with Gasteiger partial charge in [-0.05, 0) is 126 Å². The van der Waals surface area contributed by atoms with Gasteiger partial charge in [0, 0.05) is 45.4 Å². The molecule has 0 N–H and O–H groups in total. The predicted octanol–water partition coefficient (Wildman–Crippen LogP) is 14.6. The molecule has 0 saturated carbocycles. The third kappa shape index (κ3) is 4.21. The quantitative estimate of drug-likeness (QED) is 0.174. The summed E-state index contributed by atoms with van der Waals surface area (Å²) >= 11 is 0. The van der Waals surface area contributed by atoms with Gasteiger partial charge in [-0.2, -0.15) is 0 Å². The molecule has 11 aromatic rings. The third-order valence-electron chi connectivity index (χ3n) is 16.0. The average Bonchev–Trinajstić information content (AvgIpc) is 4.06. The number of aromatic nitrogens is 3. The minimum absolute atomic E-state index is 0.325. The second-order valence-corrected chi connectivity index (χ2v) is 19.2. The fourth-order valence-electron chi connectivity index (χ4n) is 13.3. The van der Waals surface area contributed by atoms with Crippen LogP contribution < -0.4 is 0 Å². The van der Waals surface area contributed by atoms with Crippen LogP contribution in [0.5, 0.6) is 0 Å². The summed E-state index contributed by atoms with van der Waals surface area (Å²) in [6, 6.07) is 75.2. The molecule has 308 valence electrons. The Labute approximate surface area is 383 Å². The summed E-state index contributed by atoms with van der Waals surface area (Å²) in [6.07, 6.45) is 4.01. The molecule has 3 nitrogen and oxygen atoms in total. The molecule has 4 aliphatic carbocycles. The minimum atomic E-state index is -0.679. The van der Waals surface area contributed by atoms with Crippen LogP contribution in [0.3, 0.4) is 0 Å². The summed E-state index contributed by atoms with van der Waals surface area (Å²) in [4.78, 5) is 10.6. The Bertz CT molecular complexity index is 3880. The normalized spacial score (nSPS) is 16.9. The standard InChI is InChI=1S/C63H41N3/c1-61(2)50-26-13-14-27-51(50)63(55-35-45-43-21-8-12-25-49(43)62(53(45)36-54(55)61)47-23-10-6-19-41(47)42-20-7-11-24-48(42)62)52-28-16-32-64-59(52)60-56(63)34-39(37-65-60)38-30-31-58-46(33-38)44-22-9-15-29-57(44)66(58)40-17-4-3-5-18-40/h3-37H,1-2H3.